The maximum atomic E-state index is 14.0. The lowest BCUT2D eigenvalue weighted by molar-refractivity contribution is -0.120. The Morgan fingerprint density at radius 1 is 1.09 bits per heavy atom. The molecule has 174 valence electrons. The molecular weight excluding hydrogens is 435 g/mol. The number of halogens is 1. The molecule has 3 N–H and O–H groups in total. The van der Waals surface area contributed by atoms with Gasteiger partial charge in [-0.2, -0.15) is 0 Å². The number of nitrogens with zero attached hydrogens (tertiary/aromatic N) is 1. The third-order valence-electron chi connectivity index (χ3n) is 5.42. The zero-order valence-electron chi connectivity index (χ0n) is 18.9. The summed E-state index contributed by atoms with van der Waals surface area (Å²) in [5, 5.41) is 5.70. The highest BCUT2D eigenvalue weighted by atomic mass is 19.1. The van der Waals surface area contributed by atoms with Gasteiger partial charge in [0.2, 0.25) is 11.8 Å². The number of methoxy groups -OCH3 is 1. The molecule has 4 rings (SSSR count). The van der Waals surface area contributed by atoms with E-state index >= 15 is 0 Å². The summed E-state index contributed by atoms with van der Waals surface area (Å²) < 4.78 is 19.1. The van der Waals surface area contributed by atoms with Crippen LogP contribution in [0.15, 0.2) is 66.7 Å². The van der Waals surface area contributed by atoms with E-state index in [9.17, 15) is 14.0 Å². The van der Waals surface area contributed by atoms with E-state index in [2.05, 4.69) is 20.6 Å². The predicted molar refractivity (Wildman–Crippen MR) is 128 cm³/mol. The van der Waals surface area contributed by atoms with Crippen LogP contribution in [-0.4, -0.2) is 28.9 Å². The molecule has 1 atom stereocenters. The average molecular weight is 461 g/mol. The number of hydrogen-bond donors (Lipinski definition) is 3. The number of aromatic nitrogens is 2. The lowest BCUT2D eigenvalue weighted by atomic mass is 10.0. The van der Waals surface area contributed by atoms with Crippen molar-refractivity contribution in [3.63, 3.8) is 0 Å². The Morgan fingerprint density at radius 2 is 1.85 bits per heavy atom. The van der Waals surface area contributed by atoms with Gasteiger partial charge in [-0.15, -0.1) is 0 Å². The summed E-state index contributed by atoms with van der Waals surface area (Å²) in [6.45, 7) is 1.42. The standard InChI is InChI=1S/C26H25FN4O3/c1-16(32)28-23(17-7-10-20(34-2)11-8-17)15-26(33)29-19-9-12-22-24(14-19)31-25(30-22)13-18-5-3-4-6-21(18)27/h3-12,14,23H,13,15H2,1-2H3,(H,28,32)(H,29,33)(H,30,31). The molecule has 8 heteroatoms. The monoisotopic (exact) mass is 460 g/mol. The molecule has 0 saturated heterocycles. The van der Waals surface area contributed by atoms with Gasteiger partial charge in [0.05, 0.1) is 30.6 Å². The minimum atomic E-state index is -0.480. The number of carbonyl (C=O) groups is 2. The number of H-pyrrole nitrogens is 1. The van der Waals surface area contributed by atoms with Gasteiger partial charge in [-0.05, 0) is 47.5 Å². The third-order valence-corrected chi connectivity index (χ3v) is 5.42. The number of amides is 2. The molecule has 7 nitrogen and oxygen atoms in total. The van der Waals surface area contributed by atoms with Crippen molar-refractivity contribution in [1.82, 2.24) is 15.3 Å². The number of rotatable bonds is 8. The summed E-state index contributed by atoms with van der Waals surface area (Å²) >= 11 is 0. The predicted octanol–water partition coefficient (Wildman–Crippen LogP) is 4.51. The Kier molecular flexibility index (Phi) is 6.87. The number of benzene rings is 3. The number of fused-ring (bicyclic) bond motifs is 1. The fraction of sp³-hybridized carbons (Fsp3) is 0.192. The van der Waals surface area contributed by atoms with Crippen molar-refractivity contribution in [2.24, 2.45) is 0 Å². The highest BCUT2D eigenvalue weighted by molar-refractivity contribution is 5.93. The van der Waals surface area contributed by atoms with Crippen LogP contribution < -0.4 is 15.4 Å². The number of nitrogens with one attached hydrogen (secondary N) is 3. The molecule has 0 saturated carbocycles. The van der Waals surface area contributed by atoms with Gasteiger partial charge in [-0.3, -0.25) is 9.59 Å². The summed E-state index contributed by atoms with van der Waals surface area (Å²) in [5.41, 5.74) is 3.40. The molecule has 1 unspecified atom stereocenters. The summed E-state index contributed by atoms with van der Waals surface area (Å²) in [4.78, 5) is 32.2. The van der Waals surface area contributed by atoms with Crippen molar-refractivity contribution < 1.29 is 18.7 Å². The van der Waals surface area contributed by atoms with Crippen LogP contribution in [0.25, 0.3) is 11.0 Å². The van der Waals surface area contributed by atoms with E-state index in [0.29, 0.717) is 29.2 Å². The Morgan fingerprint density at radius 3 is 2.56 bits per heavy atom. The first-order chi connectivity index (χ1) is 16.4. The molecule has 0 fully saturated rings. The van der Waals surface area contributed by atoms with Crippen molar-refractivity contribution in [3.8, 4) is 5.75 Å². The second kappa shape index (κ2) is 10.2. The Labute approximate surface area is 196 Å². The second-order valence-electron chi connectivity index (χ2n) is 7.96. The van der Waals surface area contributed by atoms with Crippen molar-refractivity contribution in [3.05, 3.63) is 89.5 Å². The van der Waals surface area contributed by atoms with Crippen LogP contribution in [0.3, 0.4) is 0 Å². The van der Waals surface area contributed by atoms with Gasteiger partial charge in [-0.25, -0.2) is 9.37 Å². The first-order valence-corrected chi connectivity index (χ1v) is 10.8. The molecule has 0 spiro atoms. The van der Waals surface area contributed by atoms with Gasteiger partial charge in [0.15, 0.2) is 0 Å². The van der Waals surface area contributed by atoms with Crippen LogP contribution in [0.5, 0.6) is 5.75 Å². The molecule has 1 aromatic heterocycles. The molecule has 3 aromatic carbocycles. The number of ether oxygens (including phenoxy) is 1. The molecule has 4 aromatic rings. The molecule has 34 heavy (non-hydrogen) atoms. The Hall–Kier alpha value is -4.20. The van der Waals surface area contributed by atoms with Gasteiger partial charge in [0, 0.05) is 19.0 Å². The molecule has 2 amide bonds. The van der Waals surface area contributed by atoms with Crippen LogP contribution in [0.2, 0.25) is 0 Å². The summed E-state index contributed by atoms with van der Waals surface area (Å²) in [5.74, 6) is 0.571. The smallest absolute Gasteiger partial charge is 0.226 e. The molecule has 0 bridgehead atoms. The van der Waals surface area contributed by atoms with E-state index in [1.807, 2.05) is 12.1 Å². The van der Waals surface area contributed by atoms with E-state index in [4.69, 9.17) is 4.74 Å². The van der Waals surface area contributed by atoms with Crippen LogP contribution in [0, 0.1) is 5.82 Å². The summed E-state index contributed by atoms with van der Waals surface area (Å²) in [6.07, 6.45) is 0.398. The zero-order chi connectivity index (χ0) is 24.1. The minimum Gasteiger partial charge on any atom is -0.497 e. The lowest BCUT2D eigenvalue weighted by Crippen LogP contribution is -2.29. The number of anilines is 1. The van der Waals surface area contributed by atoms with E-state index in [0.717, 1.165) is 16.6 Å². The van der Waals surface area contributed by atoms with Gasteiger partial charge < -0.3 is 20.4 Å². The third kappa shape index (κ3) is 5.58. The molecule has 0 aliphatic carbocycles. The van der Waals surface area contributed by atoms with E-state index < -0.39 is 6.04 Å². The lowest BCUT2D eigenvalue weighted by Gasteiger charge is -2.18. The first kappa shape index (κ1) is 23.0. The largest absolute Gasteiger partial charge is 0.497 e. The molecule has 0 aliphatic heterocycles. The van der Waals surface area contributed by atoms with Crippen molar-refractivity contribution in [2.45, 2.75) is 25.8 Å². The van der Waals surface area contributed by atoms with Gasteiger partial charge in [0.1, 0.15) is 17.4 Å². The maximum Gasteiger partial charge on any atom is 0.226 e. The van der Waals surface area contributed by atoms with Crippen LogP contribution in [0.1, 0.15) is 36.3 Å². The molecule has 1 heterocycles. The Bertz CT molecular complexity index is 1320. The molecular formula is C26H25FN4O3. The van der Waals surface area contributed by atoms with Crippen molar-refractivity contribution in [1.29, 1.82) is 0 Å². The van der Waals surface area contributed by atoms with Gasteiger partial charge >= 0.3 is 0 Å². The van der Waals surface area contributed by atoms with Gasteiger partial charge in [-0.1, -0.05) is 30.3 Å². The highest BCUT2D eigenvalue weighted by Gasteiger charge is 2.18. The van der Waals surface area contributed by atoms with Crippen LogP contribution in [-0.2, 0) is 16.0 Å². The molecule has 0 aliphatic rings. The number of carbonyl (C=O) groups excluding carboxylic acids is 2. The number of imidazole rings is 1. The van der Waals surface area contributed by atoms with Crippen LogP contribution in [0.4, 0.5) is 10.1 Å². The van der Waals surface area contributed by atoms with E-state index in [1.165, 1.54) is 13.0 Å². The topological polar surface area (TPSA) is 96.1 Å². The minimum absolute atomic E-state index is 0.0610. The normalized spacial score (nSPS) is 11.7. The fourth-order valence-corrected chi connectivity index (χ4v) is 3.78. The quantitative estimate of drug-likeness (QED) is 0.361. The average Bonchev–Trinajstić information content (AvgIpc) is 3.21. The summed E-state index contributed by atoms with van der Waals surface area (Å²) in [7, 11) is 1.58. The number of aromatic amines is 1. The highest BCUT2D eigenvalue weighted by Crippen LogP contribution is 2.23. The number of hydrogen-bond acceptors (Lipinski definition) is 4. The fourth-order valence-electron chi connectivity index (χ4n) is 3.78. The van der Waals surface area contributed by atoms with E-state index in [-0.39, 0.29) is 24.1 Å². The SMILES string of the molecule is COc1ccc(C(CC(=O)Nc2ccc3nc(Cc4ccccc4F)[nH]c3c2)NC(C)=O)cc1. The van der Waals surface area contributed by atoms with Gasteiger partial charge in [0.25, 0.3) is 0 Å². The van der Waals surface area contributed by atoms with E-state index in [1.54, 1.807) is 55.6 Å². The van der Waals surface area contributed by atoms with Crippen molar-refractivity contribution in [2.75, 3.05) is 12.4 Å². The first-order valence-electron chi connectivity index (χ1n) is 10.8. The summed E-state index contributed by atoms with van der Waals surface area (Å²) in [6, 6.07) is 18.6. The maximum absolute atomic E-state index is 14.0. The Balaban J connectivity index is 1.46. The zero-order valence-corrected chi connectivity index (χ0v) is 18.9. The van der Waals surface area contributed by atoms with Crippen molar-refractivity contribution >= 4 is 28.5 Å². The molecule has 0 radical (unpaired) electrons. The second-order valence-corrected chi connectivity index (χ2v) is 7.96. The van der Waals surface area contributed by atoms with Crippen LogP contribution >= 0.6 is 0 Å².